The molecule has 2 unspecified atom stereocenters. The maximum Gasteiger partial charge on any atom is 0.490 e. The van der Waals surface area contributed by atoms with E-state index in [9.17, 15) is 22.4 Å². The maximum absolute atomic E-state index is 15.0. The first kappa shape index (κ1) is 23.4. The number of amidine groups is 1. The van der Waals surface area contributed by atoms with Gasteiger partial charge >= 0.3 is 12.1 Å². The average Bonchev–Trinajstić information content (AvgIpc) is 3.24. The largest absolute Gasteiger partial charge is 0.490 e. The molecule has 2 aliphatic heterocycles. The number of carbonyl (C=O) groups excluding carboxylic acids is 1. The van der Waals surface area contributed by atoms with Crippen molar-refractivity contribution in [2.45, 2.75) is 24.4 Å². The molecule has 0 aliphatic carbocycles. The first-order valence-corrected chi connectivity index (χ1v) is 10.0. The lowest BCUT2D eigenvalue weighted by molar-refractivity contribution is -0.192. The number of fused-ring (bicyclic) bond motifs is 1. The van der Waals surface area contributed by atoms with Crippen molar-refractivity contribution in [3.63, 3.8) is 0 Å². The van der Waals surface area contributed by atoms with Crippen LogP contribution in [0.15, 0.2) is 40.7 Å². The van der Waals surface area contributed by atoms with E-state index in [4.69, 9.17) is 15.6 Å². The van der Waals surface area contributed by atoms with E-state index >= 15 is 4.39 Å². The van der Waals surface area contributed by atoms with E-state index in [1.54, 1.807) is 18.2 Å². The summed E-state index contributed by atoms with van der Waals surface area (Å²) in [5.41, 5.74) is 5.23. The van der Waals surface area contributed by atoms with Crippen LogP contribution in [0, 0.1) is 5.82 Å². The first-order valence-electron chi connectivity index (χ1n) is 9.14. The number of carboxylic acid groups (broad SMARTS) is 1. The normalized spacial score (nSPS) is 22.2. The summed E-state index contributed by atoms with van der Waals surface area (Å²) in [4.78, 5) is 27.6. The molecule has 2 aliphatic rings. The monoisotopic (exact) mass is 476 g/mol. The summed E-state index contributed by atoms with van der Waals surface area (Å²) in [5.74, 6) is -3.46. The van der Waals surface area contributed by atoms with Crippen LogP contribution < -0.4 is 11.1 Å². The number of nitrogens with one attached hydrogen (secondary N) is 1. The Morgan fingerprint density at radius 1 is 1.28 bits per heavy atom. The number of aliphatic carboxylic acids is 1. The fourth-order valence-corrected chi connectivity index (χ4v) is 4.02. The van der Waals surface area contributed by atoms with Crippen molar-refractivity contribution >= 4 is 34.7 Å². The topological polar surface area (TPSA) is 108 Å². The minimum atomic E-state index is -5.08. The molecule has 7 nitrogen and oxygen atoms in total. The number of rotatable bonds is 1. The van der Waals surface area contributed by atoms with Crippen LogP contribution in [0.3, 0.4) is 0 Å². The summed E-state index contributed by atoms with van der Waals surface area (Å²) in [5, 5.41) is 11.9. The van der Waals surface area contributed by atoms with Crippen molar-refractivity contribution in [3.8, 4) is 0 Å². The molecular weight excluding hydrogens is 459 g/mol. The van der Waals surface area contributed by atoms with E-state index in [0.29, 0.717) is 17.1 Å². The number of nitrogens with zero attached hydrogens (tertiary/aromatic N) is 2. The highest BCUT2D eigenvalue weighted by atomic mass is 32.1. The molecule has 1 spiro atoms. The highest BCUT2D eigenvalue weighted by Gasteiger charge is 2.47. The number of hydrogen-bond donors (Lipinski definition) is 3. The second-order valence-electron chi connectivity index (χ2n) is 6.96. The molecule has 13 heteroatoms. The van der Waals surface area contributed by atoms with E-state index in [0.717, 1.165) is 0 Å². The van der Waals surface area contributed by atoms with E-state index < -0.39 is 29.8 Å². The van der Waals surface area contributed by atoms with Gasteiger partial charge in [0.05, 0.1) is 17.0 Å². The molecule has 1 fully saturated rings. The molecule has 4 N–H and O–H groups in total. The van der Waals surface area contributed by atoms with Gasteiger partial charge in [0.25, 0.3) is 5.91 Å². The Balaban J connectivity index is 0.000000360. The Bertz CT molecular complexity index is 1040. The number of thiophene rings is 1. The Morgan fingerprint density at radius 3 is 2.53 bits per heavy atom. The number of benzene rings is 1. The number of amides is 1. The number of piperidine rings is 1. The molecular formula is C19H17F5N4O3S. The number of alkyl halides is 4. The van der Waals surface area contributed by atoms with Gasteiger partial charge in [-0.2, -0.15) is 13.2 Å². The van der Waals surface area contributed by atoms with Crippen LogP contribution in [-0.2, 0) is 4.79 Å². The third-order valence-electron chi connectivity index (χ3n) is 4.86. The first-order chi connectivity index (χ1) is 14.9. The van der Waals surface area contributed by atoms with Crippen molar-refractivity contribution in [1.82, 2.24) is 4.90 Å². The third-order valence-corrected chi connectivity index (χ3v) is 5.72. The zero-order chi connectivity index (χ0) is 23.7. The highest BCUT2D eigenvalue weighted by molar-refractivity contribution is 7.12. The van der Waals surface area contributed by atoms with Gasteiger partial charge in [0.1, 0.15) is 11.7 Å². The lowest BCUT2D eigenvalue weighted by Crippen LogP contribution is -2.59. The minimum Gasteiger partial charge on any atom is -0.475 e. The van der Waals surface area contributed by atoms with E-state index in [1.165, 1.54) is 28.4 Å². The summed E-state index contributed by atoms with van der Waals surface area (Å²) in [7, 11) is 0. The van der Waals surface area contributed by atoms with Gasteiger partial charge in [0.2, 0.25) is 0 Å². The summed E-state index contributed by atoms with van der Waals surface area (Å²) in [6, 6.07) is 7.98. The molecule has 1 aromatic carbocycles. The van der Waals surface area contributed by atoms with Gasteiger partial charge < -0.3 is 21.1 Å². The Labute approximate surface area is 182 Å². The molecule has 3 heterocycles. The fourth-order valence-electron chi connectivity index (χ4n) is 3.33. The summed E-state index contributed by atoms with van der Waals surface area (Å²) in [6.07, 6.45) is -6.29. The molecule has 2 atom stereocenters. The van der Waals surface area contributed by atoms with E-state index in [-0.39, 0.29) is 30.3 Å². The molecule has 172 valence electrons. The number of hydrogen-bond acceptors (Lipinski definition) is 6. The number of halogens is 5. The summed E-state index contributed by atoms with van der Waals surface area (Å²) < 4.78 is 60.7. The molecule has 0 radical (unpaired) electrons. The average molecular weight is 476 g/mol. The van der Waals surface area contributed by atoms with E-state index in [2.05, 4.69) is 10.3 Å². The van der Waals surface area contributed by atoms with Gasteiger partial charge in [0, 0.05) is 18.7 Å². The van der Waals surface area contributed by atoms with Crippen LogP contribution in [0.4, 0.5) is 27.6 Å². The lowest BCUT2D eigenvalue weighted by Gasteiger charge is -2.44. The van der Waals surface area contributed by atoms with Crippen molar-refractivity contribution < 1.29 is 36.6 Å². The standard InChI is InChI=1S/C17H16F2N4OS.C2HF3O2/c18-10-3-1-4-11-14(10)15(20)22-17(21-11)6-7-23(9-13(17)19)16(24)12-5-2-8-25-12;3-2(4,5)1(6)7/h1-5,8,13,21H,6-7,9H2,(H2,20,22);(H,6,7). The molecule has 0 saturated carbocycles. The van der Waals surface area contributed by atoms with Crippen molar-refractivity contribution in [3.05, 3.63) is 52.0 Å². The predicted octanol–water partition coefficient (Wildman–Crippen LogP) is 3.23. The minimum absolute atomic E-state index is 0.0208. The van der Waals surface area contributed by atoms with Crippen LogP contribution in [0.25, 0.3) is 0 Å². The number of carbonyl (C=O) groups is 2. The van der Waals surface area contributed by atoms with Gasteiger partial charge in [-0.15, -0.1) is 11.3 Å². The van der Waals surface area contributed by atoms with Gasteiger partial charge in [-0.1, -0.05) is 12.1 Å². The van der Waals surface area contributed by atoms with Gasteiger partial charge in [-0.05, 0) is 23.6 Å². The quantitative estimate of drug-likeness (QED) is 0.548. The maximum atomic E-state index is 15.0. The molecule has 32 heavy (non-hydrogen) atoms. The molecule has 0 bridgehead atoms. The van der Waals surface area contributed by atoms with Crippen LogP contribution in [0.2, 0.25) is 0 Å². The fraction of sp³-hybridized carbons (Fsp3) is 0.316. The zero-order valence-corrected chi connectivity index (χ0v) is 17.0. The number of carboxylic acids is 1. The summed E-state index contributed by atoms with van der Waals surface area (Å²) in [6.45, 7) is 0.247. The third kappa shape index (κ3) is 4.66. The van der Waals surface area contributed by atoms with E-state index in [1.807, 2.05) is 5.38 Å². The van der Waals surface area contributed by atoms with Crippen LogP contribution >= 0.6 is 11.3 Å². The molecule has 1 saturated heterocycles. The highest BCUT2D eigenvalue weighted by Crippen LogP contribution is 2.37. The smallest absolute Gasteiger partial charge is 0.475 e. The van der Waals surface area contributed by atoms with Crippen LogP contribution in [0.5, 0.6) is 0 Å². The number of nitrogens with two attached hydrogens (primary N) is 1. The second-order valence-corrected chi connectivity index (χ2v) is 7.91. The number of aliphatic imine (C=N–C) groups is 1. The van der Waals surface area contributed by atoms with Crippen molar-refractivity contribution in [2.75, 3.05) is 18.4 Å². The zero-order valence-electron chi connectivity index (χ0n) is 16.2. The molecule has 1 aromatic heterocycles. The SMILES string of the molecule is NC1=NC2(CCN(C(=O)c3cccs3)CC2F)Nc2cccc(F)c21.O=C(O)C(F)(F)F. The van der Waals surface area contributed by atoms with Crippen molar-refractivity contribution in [1.29, 1.82) is 0 Å². The lowest BCUT2D eigenvalue weighted by atomic mass is 9.92. The second kappa shape index (κ2) is 8.73. The molecule has 4 rings (SSSR count). The Hall–Kier alpha value is -3.22. The van der Waals surface area contributed by atoms with Gasteiger partial charge in [-0.3, -0.25) is 4.79 Å². The Morgan fingerprint density at radius 2 is 1.97 bits per heavy atom. The van der Waals surface area contributed by atoms with Gasteiger partial charge in [-0.25, -0.2) is 18.6 Å². The number of likely N-dealkylation sites (tertiary alicyclic amines) is 1. The number of anilines is 1. The van der Waals surface area contributed by atoms with Crippen molar-refractivity contribution in [2.24, 2.45) is 10.7 Å². The molecule has 1 amide bonds. The van der Waals surface area contributed by atoms with Crippen LogP contribution in [-0.4, -0.2) is 58.8 Å². The van der Waals surface area contributed by atoms with Crippen LogP contribution in [0.1, 0.15) is 21.7 Å². The molecule has 2 aromatic rings. The van der Waals surface area contributed by atoms with Gasteiger partial charge in [0.15, 0.2) is 11.8 Å². The Kier molecular flexibility index (Phi) is 6.39. The summed E-state index contributed by atoms with van der Waals surface area (Å²) >= 11 is 1.33. The predicted molar refractivity (Wildman–Crippen MR) is 107 cm³/mol.